The first-order valence-corrected chi connectivity index (χ1v) is 7.24. The number of anilines is 1. The molecule has 0 saturated carbocycles. The van der Waals surface area contributed by atoms with E-state index in [1.165, 1.54) is 23.3 Å². The monoisotopic (exact) mass is 373 g/mol. The standard InChI is InChI=1S/C12H13BrFN5O3/c13-6(14)2-1-5-8(20)9(21)12(22-5)19-4-18-7-10(15)16-3-17-11(7)19/h2-5,8-9,12,20-21H,1H2,(H2,15,16,17)/b6-2+/t5-,8-,9-,12-/m1/s1. The number of rotatable bonds is 3. The SMILES string of the molecule is Nc1ncnc2c1ncn2[C@@H]1O[C@H](C/C=C(/F)Br)[C@@H](O)[C@H]1O. The van der Waals surface area contributed by atoms with E-state index in [4.69, 9.17) is 10.5 Å². The van der Waals surface area contributed by atoms with Crippen LogP contribution in [0.5, 0.6) is 0 Å². The second kappa shape index (κ2) is 5.88. The molecule has 0 spiro atoms. The van der Waals surface area contributed by atoms with Crippen molar-refractivity contribution in [2.75, 3.05) is 5.73 Å². The molecular formula is C12H13BrFN5O3. The van der Waals surface area contributed by atoms with Crippen molar-refractivity contribution in [2.24, 2.45) is 0 Å². The third kappa shape index (κ3) is 2.58. The second-order valence-corrected chi connectivity index (χ2v) is 5.62. The molecule has 22 heavy (non-hydrogen) atoms. The summed E-state index contributed by atoms with van der Waals surface area (Å²) >= 11 is 2.66. The van der Waals surface area contributed by atoms with Gasteiger partial charge in [-0.25, -0.2) is 15.0 Å². The van der Waals surface area contributed by atoms with Gasteiger partial charge in [-0.05, 0) is 28.4 Å². The Hall–Kier alpha value is -1.62. The first-order chi connectivity index (χ1) is 10.5. The zero-order chi connectivity index (χ0) is 15.9. The summed E-state index contributed by atoms with van der Waals surface area (Å²) in [5, 5.41) is 20.2. The third-order valence-corrected chi connectivity index (χ3v) is 3.83. The topological polar surface area (TPSA) is 119 Å². The highest BCUT2D eigenvalue weighted by Gasteiger charge is 2.43. The molecule has 2 aromatic rings. The van der Waals surface area contributed by atoms with Crippen LogP contribution in [-0.2, 0) is 4.74 Å². The molecule has 0 amide bonds. The number of fused-ring (bicyclic) bond motifs is 1. The van der Waals surface area contributed by atoms with E-state index < -0.39 is 29.3 Å². The molecule has 3 heterocycles. The lowest BCUT2D eigenvalue weighted by molar-refractivity contribution is -0.0338. The van der Waals surface area contributed by atoms with Gasteiger partial charge >= 0.3 is 0 Å². The number of nitrogens with two attached hydrogens (primary N) is 1. The lowest BCUT2D eigenvalue weighted by atomic mass is 10.1. The maximum Gasteiger partial charge on any atom is 0.167 e. The summed E-state index contributed by atoms with van der Waals surface area (Å²) in [6.07, 6.45) is -0.0145. The molecule has 2 aromatic heterocycles. The van der Waals surface area contributed by atoms with E-state index in [9.17, 15) is 14.6 Å². The van der Waals surface area contributed by atoms with Crippen LogP contribution in [0, 0.1) is 0 Å². The van der Waals surface area contributed by atoms with Gasteiger partial charge in [0.05, 0.1) is 12.4 Å². The van der Waals surface area contributed by atoms with Crippen molar-refractivity contribution < 1.29 is 19.3 Å². The normalized spacial score (nSPS) is 29.4. The zero-order valence-corrected chi connectivity index (χ0v) is 12.8. The number of hydrogen-bond acceptors (Lipinski definition) is 7. The lowest BCUT2D eigenvalue weighted by Gasteiger charge is -2.16. The Morgan fingerprint density at radius 2 is 2.18 bits per heavy atom. The number of hydrogen-bond donors (Lipinski definition) is 3. The molecule has 3 rings (SSSR count). The van der Waals surface area contributed by atoms with E-state index in [2.05, 4.69) is 30.9 Å². The minimum atomic E-state index is -1.20. The molecule has 0 radical (unpaired) electrons. The van der Waals surface area contributed by atoms with E-state index in [1.54, 1.807) is 0 Å². The summed E-state index contributed by atoms with van der Waals surface area (Å²) in [6.45, 7) is 0. The summed E-state index contributed by atoms with van der Waals surface area (Å²) in [4.78, 5) is 12.0. The zero-order valence-electron chi connectivity index (χ0n) is 11.2. The van der Waals surface area contributed by atoms with Gasteiger partial charge in [-0.3, -0.25) is 4.57 Å². The van der Waals surface area contributed by atoms with Gasteiger partial charge in [0.2, 0.25) is 0 Å². The van der Waals surface area contributed by atoms with Gasteiger partial charge in [0.25, 0.3) is 0 Å². The van der Waals surface area contributed by atoms with Gasteiger partial charge in [-0.2, -0.15) is 4.39 Å². The summed E-state index contributed by atoms with van der Waals surface area (Å²) < 4.78 is 19.3. The highest BCUT2D eigenvalue weighted by atomic mass is 79.9. The number of aliphatic hydroxyl groups is 2. The van der Waals surface area contributed by atoms with Crippen molar-refractivity contribution in [2.45, 2.75) is 31.0 Å². The quantitative estimate of drug-likeness (QED) is 0.721. The number of ether oxygens (including phenoxy) is 1. The number of halogens is 2. The fraction of sp³-hybridized carbons (Fsp3) is 0.417. The Balaban J connectivity index is 1.91. The Labute approximate surface area is 132 Å². The van der Waals surface area contributed by atoms with Crippen molar-refractivity contribution in [3.05, 3.63) is 23.5 Å². The van der Waals surface area contributed by atoms with Gasteiger partial charge < -0.3 is 20.7 Å². The van der Waals surface area contributed by atoms with Gasteiger partial charge in [0.15, 0.2) is 22.4 Å². The van der Waals surface area contributed by atoms with Crippen molar-refractivity contribution in [1.29, 1.82) is 0 Å². The van der Waals surface area contributed by atoms with E-state index in [0.717, 1.165) is 0 Å². The first kappa shape index (κ1) is 15.3. The molecule has 4 N–H and O–H groups in total. The van der Waals surface area contributed by atoms with Crippen molar-refractivity contribution in [3.8, 4) is 0 Å². The average Bonchev–Trinajstić information content (AvgIpc) is 3.01. The highest BCUT2D eigenvalue weighted by molar-refractivity contribution is 9.11. The van der Waals surface area contributed by atoms with Gasteiger partial charge in [0.1, 0.15) is 24.1 Å². The molecule has 0 aromatic carbocycles. The smallest absolute Gasteiger partial charge is 0.167 e. The summed E-state index contributed by atoms with van der Waals surface area (Å²) in [5.74, 6) is 0.206. The third-order valence-electron chi connectivity index (χ3n) is 3.50. The van der Waals surface area contributed by atoms with Gasteiger partial charge in [0, 0.05) is 0 Å². The predicted molar refractivity (Wildman–Crippen MR) is 78.4 cm³/mol. The maximum absolute atomic E-state index is 12.7. The van der Waals surface area contributed by atoms with Crippen LogP contribution in [0.2, 0.25) is 0 Å². The molecule has 118 valence electrons. The molecule has 1 saturated heterocycles. The molecular weight excluding hydrogens is 361 g/mol. The minimum Gasteiger partial charge on any atom is -0.388 e. The molecule has 1 aliphatic rings. The molecule has 0 bridgehead atoms. The van der Waals surface area contributed by atoms with Crippen LogP contribution >= 0.6 is 15.9 Å². The minimum absolute atomic E-state index is 0.107. The van der Waals surface area contributed by atoms with Crippen LogP contribution in [0.3, 0.4) is 0 Å². The second-order valence-electron chi connectivity index (χ2n) is 4.86. The Morgan fingerprint density at radius 3 is 2.91 bits per heavy atom. The first-order valence-electron chi connectivity index (χ1n) is 6.45. The van der Waals surface area contributed by atoms with Gasteiger partial charge in [-0.1, -0.05) is 0 Å². The predicted octanol–water partition coefficient (Wildman–Crippen LogP) is 0.624. The van der Waals surface area contributed by atoms with E-state index in [0.29, 0.717) is 11.2 Å². The van der Waals surface area contributed by atoms with E-state index in [-0.39, 0.29) is 12.2 Å². The fourth-order valence-corrected chi connectivity index (χ4v) is 2.60. The molecule has 8 nitrogen and oxygen atoms in total. The van der Waals surface area contributed by atoms with Crippen LogP contribution in [-0.4, -0.2) is 48.0 Å². The summed E-state index contributed by atoms with van der Waals surface area (Å²) in [7, 11) is 0. The van der Waals surface area contributed by atoms with Crippen molar-refractivity contribution in [1.82, 2.24) is 19.5 Å². The molecule has 1 aliphatic heterocycles. The molecule has 0 aliphatic carbocycles. The van der Waals surface area contributed by atoms with Crippen LogP contribution in [0.25, 0.3) is 11.2 Å². The molecule has 1 fully saturated rings. The largest absolute Gasteiger partial charge is 0.388 e. The van der Waals surface area contributed by atoms with Crippen LogP contribution in [0.15, 0.2) is 23.5 Å². The number of nitrogen functional groups attached to an aromatic ring is 1. The number of nitrogens with zero attached hydrogens (tertiary/aromatic N) is 4. The van der Waals surface area contributed by atoms with E-state index >= 15 is 0 Å². The van der Waals surface area contributed by atoms with Crippen LogP contribution in [0.1, 0.15) is 12.6 Å². The Kier molecular flexibility index (Phi) is 4.08. The van der Waals surface area contributed by atoms with Crippen LogP contribution < -0.4 is 5.73 Å². The highest BCUT2D eigenvalue weighted by Crippen LogP contribution is 2.33. The number of aromatic nitrogens is 4. The number of aliphatic hydroxyl groups excluding tert-OH is 2. The molecule has 10 heteroatoms. The Morgan fingerprint density at radius 1 is 1.41 bits per heavy atom. The van der Waals surface area contributed by atoms with Crippen LogP contribution in [0.4, 0.5) is 10.2 Å². The summed E-state index contributed by atoms with van der Waals surface area (Å²) in [5.41, 5.74) is 6.46. The van der Waals surface area contributed by atoms with Crippen molar-refractivity contribution in [3.63, 3.8) is 0 Å². The number of imidazole rings is 1. The Bertz CT molecular complexity index is 720. The fourth-order valence-electron chi connectivity index (χ4n) is 2.42. The summed E-state index contributed by atoms with van der Waals surface area (Å²) in [6, 6.07) is 0. The van der Waals surface area contributed by atoms with Gasteiger partial charge in [-0.15, -0.1) is 0 Å². The lowest BCUT2D eigenvalue weighted by Crippen LogP contribution is -2.31. The van der Waals surface area contributed by atoms with Crippen molar-refractivity contribution >= 4 is 32.9 Å². The van der Waals surface area contributed by atoms with E-state index in [1.807, 2.05) is 0 Å². The average molecular weight is 374 g/mol. The molecule has 4 atom stereocenters. The maximum atomic E-state index is 12.7. The molecule has 0 unspecified atom stereocenters.